The number of unbranched alkanes of at least 4 members (excludes halogenated alkanes) is 1. The SMILES string of the molecule is CCCC.Cc1cnc(N2CCC(CN3CCN(C)CC3)CC2)nc1. The lowest BCUT2D eigenvalue weighted by atomic mass is 9.96. The van der Waals surface area contributed by atoms with Crippen LogP contribution in [0.25, 0.3) is 0 Å². The van der Waals surface area contributed by atoms with Crippen molar-refractivity contribution < 1.29 is 0 Å². The Morgan fingerprint density at radius 1 is 0.920 bits per heavy atom. The maximum atomic E-state index is 4.45. The Morgan fingerprint density at radius 3 is 2.00 bits per heavy atom. The highest BCUT2D eigenvalue weighted by Crippen LogP contribution is 2.21. The van der Waals surface area contributed by atoms with Crippen LogP contribution in [0.1, 0.15) is 45.1 Å². The van der Waals surface area contributed by atoms with Crippen molar-refractivity contribution in [2.45, 2.75) is 46.5 Å². The van der Waals surface area contributed by atoms with Gasteiger partial charge >= 0.3 is 0 Å². The van der Waals surface area contributed by atoms with E-state index in [4.69, 9.17) is 0 Å². The number of piperazine rings is 1. The second-order valence-electron chi connectivity index (χ2n) is 7.59. The van der Waals surface area contributed by atoms with Gasteiger partial charge in [0.1, 0.15) is 0 Å². The molecule has 3 heterocycles. The third kappa shape index (κ3) is 6.90. The van der Waals surface area contributed by atoms with Gasteiger partial charge in [-0.3, -0.25) is 0 Å². The molecule has 2 aliphatic rings. The minimum Gasteiger partial charge on any atom is -0.341 e. The van der Waals surface area contributed by atoms with Gasteiger partial charge in [0.25, 0.3) is 0 Å². The molecule has 25 heavy (non-hydrogen) atoms. The predicted molar refractivity (Wildman–Crippen MR) is 106 cm³/mol. The van der Waals surface area contributed by atoms with E-state index in [0.717, 1.165) is 30.5 Å². The fourth-order valence-corrected chi connectivity index (χ4v) is 3.26. The second kappa shape index (κ2) is 10.7. The number of aryl methyl sites for hydroxylation is 1. The summed E-state index contributed by atoms with van der Waals surface area (Å²) in [6.45, 7) is 14.8. The van der Waals surface area contributed by atoms with Gasteiger partial charge in [-0.1, -0.05) is 26.7 Å². The van der Waals surface area contributed by atoms with E-state index >= 15 is 0 Å². The van der Waals surface area contributed by atoms with Gasteiger partial charge in [-0.05, 0) is 38.3 Å². The van der Waals surface area contributed by atoms with Crippen molar-refractivity contribution in [3.8, 4) is 0 Å². The van der Waals surface area contributed by atoms with Crippen molar-refractivity contribution in [3.63, 3.8) is 0 Å². The normalized spacial score (nSPS) is 20.2. The Hall–Kier alpha value is -1.20. The highest BCUT2D eigenvalue weighted by atomic mass is 15.3. The third-order valence-corrected chi connectivity index (χ3v) is 5.28. The van der Waals surface area contributed by atoms with E-state index in [-0.39, 0.29) is 0 Å². The van der Waals surface area contributed by atoms with Crippen molar-refractivity contribution in [2.24, 2.45) is 5.92 Å². The van der Waals surface area contributed by atoms with Gasteiger partial charge in [0.15, 0.2) is 0 Å². The number of piperidine rings is 1. The average molecular weight is 348 g/mol. The average Bonchev–Trinajstić information content (AvgIpc) is 2.65. The molecule has 0 unspecified atom stereocenters. The molecule has 142 valence electrons. The second-order valence-corrected chi connectivity index (χ2v) is 7.59. The summed E-state index contributed by atoms with van der Waals surface area (Å²) in [6, 6.07) is 0. The molecule has 2 aliphatic heterocycles. The lowest BCUT2D eigenvalue weighted by Crippen LogP contribution is -2.47. The highest BCUT2D eigenvalue weighted by Gasteiger charge is 2.24. The first-order chi connectivity index (χ1) is 12.1. The highest BCUT2D eigenvalue weighted by molar-refractivity contribution is 5.30. The molecular formula is C20H37N5. The summed E-state index contributed by atoms with van der Waals surface area (Å²) in [4.78, 5) is 16.3. The maximum Gasteiger partial charge on any atom is 0.225 e. The molecule has 0 radical (unpaired) electrons. The summed E-state index contributed by atoms with van der Waals surface area (Å²) in [7, 11) is 2.22. The minimum absolute atomic E-state index is 0.843. The largest absolute Gasteiger partial charge is 0.341 e. The first-order valence-corrected chi connectivity index (χ1v) is 10.1. The van der Waals surface area contributed by atoms with Crippen molar-refractivity contribution in [3.05, 3.63) is 18.0 Å². The molecule has 5 nitrogen and oxygen atoms in total. The summed E-state index contributed by atoms with van der Waals surface area (Å²) in [5, 5.41) is 0. The summed E-state index contributed by atoms with van der Waals surface area (Å²) in [5.74, 6) is 1.74. The number of rotatable bonds is 4. The van der Waals surface area contributed by atoms with E-state index in [0.29, 0.717) is 0 Å². The first-order valence-electron chi connectivity index (χ1n) is 10.1. The molecule has 2 saturated heterocycles. The van der Waals surface area contributed by atoms with Gasteiger partial charge < -0.3 is 14.7 Å². The van der Waals surface area contributed by atoms with Crippen LogP contribution in [0.3, 0.4) is 0 Å². The molecule has 0 amide bonds. The van der Waals surface area contributed by atoms with Gasteiger partial charge in [-0.25, -0.2) is 9.97 Å². The van der Waals surface area contributed by atoms with Crippen molar-refractivity contribution >= 4 is 5.95 Å². The lowest BCUT2D eigenvalue weighted by Gasteiger charge is -2.37. The van der Waals surface area contributed by atoms with Gasteiger partial charge in [0.2, 0.25) is 5.95 Å². The van der Waals surface area contributed by atoms with Crippen LogP contribution >= 0.6 is 0 Å². The lowest BCUT2D eigenvalue weighted by molar-refractivity contribution is 0.129. The van der Waals surface area contributed by atoms with Gasteiger partial charge in [0.05, 0.1) is 0 Å². The number of anilines is 1. The molecule has 0 N–H and O–H groups in total. The van der Waals surface area contributed by atoms with E-state index in [9.17, 15) is 0 Å². The fraction of sp³-hybridized carbons (Fsp3) is 0.800. The molecule has 0 spiro atoms. The van der Waals surface area contributed by atoms with Crippen LogP contribution in [-0.2, 0) is 0 Å². The fourth-order valence-electron chi connectivity index (χ4n) is 3.26. The van der Waals surface area contributed by atoms with E-state index in [1.54, 1.807) is 0 Å². The van der Waals surface area contributed by atoms with E-state index in [1.165, 1.54) is 58.4 Å². The Labute approximate surface area is 154 Å². The minimum atomic E-state index is 0.843. The number of aromatic nitrogens is 2. The third-order valence-electron chi connectivity index (χ3n) is 5.28. The molecule has 3 rings (SSSR count). The van der Waals surface area contributed by atoms with Gasteiger partial charge in [0, 0.05) is 58.2 Å². The zero-order chi connectivity index (χ0) is 18.1. The van der Waals surface area contributed by atoms with E-state index in [1.807, 2.05) is 19.3 Å². The Kier molecular flexibility index (Phi) is 8.62. The first kappa shape index (κ1) is 20.1. The summed E-state index contributed by atoms with van der Waals surface area (Å²) in [6.07, 6.45) is 9.00. The van der Waals surface area contributed by atoms with Crippen LogP contribution in [0.4, 0.5) is 5.95 Å². The van der Waals surface area contributed by atoms with Crippen molar-refractivity contribution in [1.29, 1.82) is 0 Å². The van der Waals surface area contributed by atoms with Gasteiger partial charge in [-0.15, -0.1) is 0 Å². The molecule has 2 fully saturated rings. The number of hydrogen-bond acceptors (Lipinski definition) is 5. The Balaban J connectivity index is 0.000000511. The standard InChI is InChI=1S/C16H27N5.C4H10/c1-14-11-17-16(18-12-14)21-5-3-15(4-6-21)13-20-9-7-19(2)8-10-20;1-3-4-2/h11-12,15H,3-10,13H2,1-2H3;3-4H2,1-2H3. The van der Waals surface area contributed by atoms with Crippen LogP contribution in [0.5, 0.6) is 0 Å². The molecule has 0 aliphatic carbocycles. The molecule has 0 bridgehead atoms. The maximum absolute atomic E-state index is 4.45. The van der Waals surface area contributed by atoms with Crippen molar-refractivity contribution in [1.82, 2.24) is 19.8 Å². The van der Waals surface area contributed by atoms with Crippen LogP contribution < -0.4 is 4.90 Å². The number of likely N-dealkylation sites (N-methyl/N-ethyl adjacent to an activating group) is 1. The van der Waals surface area contributed by atoms with Crippen LogP contribution in [0.2, 0.25) is 0 Å². The summed E-state index contributed by atoms with van der Waals surface area (Å²) in [5.41, 5.74) is 1.13. The molecular weight excluding hydrogens is 310 g/mol. The zero-order valence-electron chi connectivity index (χ0n) is 16.7. The summed E-state index contributed by atoms with van der Waals surface area (Å²) < 4.78 is 0. The molecule has 0 atom stereocenters. The van der Waals surface area contributed by atoms with Crippen molar-refractivity contribution in [2.75, 3.05) is 57.8 Å². The number of hydrogen-bond donors (Lipinski definition) is 0. The zero-order valence-corrected chi connectivity index (χ0v) is 16.7. The summed E-state index contributed by atoms with van der Waals surface area (Å²) >= 11 is 0. The van der Waals surface area contributed by atoms with E-state index < -0.39 is 0 Å². The molecule has 5 heteroatoms. The Morgan fingerprint density at radius 2 is 1.48 bits per heavy atom. The van der Waals surface area contributed by atoms with Crippen LogP contribution in [0.15, 0.2) is 12.4 Å². The van der Waals surface area contributed by atoms with Gasteiger partial charge in [-0.2, -0.15) is 0 Å². The smallest absolute Gasteiger partial charge is 0.225 e. The quantitative estimate of drug-likeness (QED) is 0.836. The topological polar surface area (TPSA) is 35.5 Å². The number of nitrogens with zero attached hydrogens (tertiary/aromatic N) is 5. The predicted octanol–water partition coefficient (Wildman–Crippen LogP) is 3.06. The molecule has 1 aromatic rings. The van der Waals surface area contributed by atoms with E-state index in [2.05, 4.69) is 45.6 Å². The monoisotopic (exact) mass is 347 g/mol. The van der Waals surface area contributed by atoms with Crippen LogP contribution in [0, 0.1) is 12.8 Å². The Bertz CT molecular complexity index is 457. The van der Waals surface area contributed by atoms with Crippen LogP contribution in [-0.4, -0.2) is 72.6 Å². The molecule has 0 saturated carbocycles. The molecule has 1 aromatic heterocycles. The molecule has 0 aromatic carbocycles.